The standard InChI is InChI=1S/C24H31F4N5O5S/c1-15(19-5-4-18(9-20(19)25)24(26,27)28)30-22(34)21-14-38-8-7-33(21)23(35)17-3-2-6-31(13-17)39(36,37)32-11-16(10-29)12-32/h4-5,9,15-17,21,23,35H,2-3,6-8,11-14H2,1H3,(H,30,34)/t15-,17+,21-,23?/m1/s1. The first kappa shape index (κ1) is 29.6. The van der Waals surface area contributed by atoms with E-state index in [-0.39, 0.29) is 57.4 Å². The summed E-state index contributed by atoms with van der Waals surface area (Å²) in [6.45, 7) is 2.34. The molecule has 1 aromatic rings. The maximum absolute atomic E-state index is 14.4. The van der Waals surface area contributed by atoms with Gasteiger partial charge in [0.25, 0.3) is 10.2 Å². The third-order valence-electron chi connectivity index (χ3n) is 7.49. The quantitative estimate of drug-likeness (QED) is 0.470. The van der Waals surface area contributed by atoms with Crippen LogP contribution in [0.2, 0.25) is 0 Å². The lowest BCUT2D eigenvalue weighted by Gasteiger charge is -2.45. The van der Waals surface area contributed by atoms with E-state index < -0.39 is 57.9 Å². The molecule has 39 heavy (non-hydrogen) atoms. The number of aliphatic hydroxyl groups excluding tert-OH is 1. The van der Waals surface area contributed by atoms with Gasteiger partial charge in [-0.15, -0.1) is 0 Å². The summed E-state index contributed by atoms with van der Waals surface area (Å²) in [5.41, 5.74) is -1.27. The fourth-order valence-corrected chi connectivity index (χ4v) is 6.97. The molecule has 1 aromatic carbocycles. The lowest BCUT2D eigenvalue weighted by Crippen LogP contribution is -2.61. The largest absolute Gasteiger partial charge is 0.416 e. The van der Waals surface area contributed by atoms with Crippen molar-refractivity contribution in [2.24, 2.45) is 11.8 Å². The number of carbonyl (C=O) groups excluding carboxylic acids is 1. The van der Waals surface area contributed by atoms with Crippen LogP contribution in [0.25, 0.3) is 0 Å². The number of carbonyl (C=O) groups is 1. The fourth-order valence-electron chi connectivity index (χ4n) is 5.17. The molecule has 216 valence electrons. The molecule has 3 aliphatic heterocycles. The van der Waals surface area contributed by atoms with Gasteiger partial charge in [0.1, 0.15) is 18.1 Å². The number of nitriles is 1. The van der Waals surface area contributed by atoms with Crippen molar-refractivity contribution >= 4 is 16.1 Å². The highest BCUT2D eigenvalue weighted by atomic mass is 32.2. The van der Waals surface area contributed by atoms with E-state index in [0.29, 0.717) is 18.9 Å². The van der Waals surface area contributed by atoms with E-state index in [9.17, 15) is 35.9 Å². The molecule has 3 aliphatic rings. The third kappa shape index (κ3) is 6.36. The average molecular weight is 578 g/mol. The Morgan fingerprint density at radius 3 is 2.59 bits per heavy atom. The van der Waals surface area contributed by atoms with Gasteiger partial charge in [-0.05, 0) is 31.9 Å². The highest BCUT2D eigenvalue weighted by Gasteiger charge is 2.44. The maximum atomic E-state index is 14.4. The summed E-state index contributed by atoms with van der Waals surface area (Å²) in [5.74, 6) is -2.55. The number of rotatable bonds is 7. The zero-order valence-corrected chi connectivity index (χ0v) is 22.1. The van der Waals surface area contributed by atoms with Crippen molar-refractivity contribution < 1.29 is 40.6 Å². The third-order valence-corrected chi connectivity index (χ3v) is 9.43. The predicted molar refractivity (Wildman–Crippen MR) is 129 cm³/mol. The highest BCUT2D eigenvalue weighted by molar-refractivity contribution is 7.86. The van der Waals surface area contributed by atoms with Gasteiger partial charge in [-0.1, -0.05) is 6.07 Å². The second kappa shape index (κ2) is 11.6. The van der Waals surface area contributed by atoms with Crippen LogP contribution in [0.1, 0.15) is 36.9 Å². The molecule has 1 amide bonds. The average Bonchev–Trinajstić information content (AvgIpc) is 2.87. The minimum Gasteiger partial charge on any atom is -0.378 e. The van der Waals surface area contributed by atoms with Gasteiger partial charge in [0.05, 0.1) is 36.8 Å². The van der Waals surface area contributed by atoms with E-state index >= 15 is 0 Å². The van der Waals surface area contributed by atoms with Crippen LogP contribution in [0, 0.1) is 29.0 Å². The van der Waals surface area contributed by atoms with E-state index in [1.807, 2.05) is 6.07 Å². The Kier molecular flexibility index (Phi) is 8.84. The molecule has 0 radical (unpaired) electrons. The minimum atomic E-state index is -4.70. The van der Waals surface area contributed by atoms with Gasteiger partial charge in [0, 0.05) is 44.2 Å². The number of ether oxygens (including phenoxy) is 1. The van der Waals surface area contributed by atoms with Crippen LogP contribution >= 0.6 is 0 Å². The molecule has 3 fully saturated rings. The Hall–Kier alpha value is -2.35. The van der Waals surface area contributed by atoms with Crippen LogP contribution in [0.5, 0.6) is 0 Å². The van der Waals surface area contributed by atoms with Crippen molar-refractivity contribution in [3.05, 3.63) is 35.1 Å². The summed E-state index contributed by atoms with van der Waals surface area (Å²) in [6.07, 6.45) is -4.86. The number of aliphatic hydroxyl groups is 1. The molecule has 10 nitrogen and oxygen atoms in total. The molecule has 0 bridgehead atoms. The van der Waals surface area contributed by atoms with Gasteiger partial charge in [-0.2, -0.15) is 35.5 Å². The lowest BCUT2D eigenvalue weighted by molar-refractivity contribution is -0.152. The summed E-state index contributed by atoms with van der Waals surface area (Å²) in [6, 6.07) is 2.18. The molecule has 3 saturated heterocycles. The second-order valence-corrected chi connectivity index (χ2v) is 12.0. The van der Waals surface area contributed by atoms with Crippen LogP contribution in [0.3, 0.4) is 0 Å². The molecule has 0 saturated carbocycles. The number of hydrogen-bond donors (Lipinski definition) is 2. The van der Waals surface area contributed by atoms with Gasteiger partial charge in [-0.25, -0.2) is 4.39 Å². The Bertz CT molecular complexity index is 1200. The summed E-state index contributed by atoms with van der Waals surface area (Å²) < 4.78 is 87.0. The lowest BCUT2D eigenvalue weighted by atomic mass is 9.95. The topological polar surface area (TPSA) is 126 Å². The molecule has 0 spiro atoms. The van der Waals surface area contributed by atoms with Crippen molar-refractivity contribution in [3.8, 4) is 6.07 Å². The van der Waals surface area contributed by atoms with Gasteiger partial charge in [0.15, 0.2) is 0 Å². The number of nitrogens with one attached hydrogen (secondary N) is 1. The van der Waals surface area contributed by atoms with Crippen molar-refractivity contribution in [1.29, 1.82) is 5.26 Å². The Labute approximate surface area is 224 Å². The van der Waals surface area contributed by atoms with Crippen LogP contribution in [0.15, 0.2) is 18.2 Å². The van der Waals surface area contributed by atoms with E-state index in [2.05, 4.69) is 5.32 Å². The Balaban J connectivity index is 1.42. The summed E-state index contributed by atoms with van der Waals surface area (Å²) in [4.78, 5) is 14.7. The Morgan fingerprint density at radius 1 is 1.23 bits per heavy atom. The minimum absolute atomic E-state index is 0.0378. The van der Waals surface area contributed by atoms with Crippen LogP contribution in [0.4, 0.5) is 17.6 Å². The van der Waals surface area contributed by atoms with E-state index in [4.69, 9.17) is 10.00 Å². The summed E-state index contributed by atoms with van der Waals surface area (Å²) in [7, 11) is -3.78. The maximum Gasteiger partial charge on any atom is 0.416 e. The number of morpholine rings is 1. The molecular formula is C24H31F4N5O5S. The molecular weight excluding hydrogens is 546 g/mol. The van der Waals surface area contributed by atoms with Crippen LogP contribution < -0.4 is 5.32 Å². The van der Waals surface area contributed by atoms with Gasteiger partial charge < -0.3 is 15.2 Å². The fraction of sp³-hybridized carbons (Fsp3) is 0.667. The van der Waals surface area contributed by atoms with Crippen molar-refractivity contribution in [2.75, 3.05) is 45.9 Å². The highest BCUT2D eigenvalue weighted by Crippen LogP contribution is 2.32. The van der Waals surface area contributed by atoms with Gasteiger partial charge >= 0.3 is 6.18 Å². The normalized spacial score (nSPS) is 25.9. The molecule has 2 N–H and O–H groups in total. The number of nitrogens with zero attached hydrogens (tertiary/aromatic N) is 4. The molecule has 0 aromatic heterocycles. The monoisotopic (exact) mass is 577 g/mol. The van der Waals surface area contributed by atoms with E-state index in [1.165, 1.54) is 20.4 Å². The number of piperidine rings is 1. The molecule has 4 rings (SSSR count). The second-order valence-electron chi connectivity index (χ2n) is 10.1. The van der Waals surface area contributed by atoms with Crippen LogP contribution in [-0.2, 0) is 25.9 Å². The van der Waals surface area contributed by atoms with Crippen molar-refractivity contribution in [3.63, 3.8) is 0 Å². The molecule has 1 unspecified atom stereocenters. The summed E-state index contributed by atoms with van der Waals surface area (Å²) >= 11 is 0. The van der Waals surface area contributed by atoms with Crippen molar-refractivity contribution in [2.45, 2.75) is 44.3 Å². The predicted octanol–water partition coefficient (Wildman–Crippen LogP) is 1.45. The molecule has 0 aliphatic carbocycles. The van der Waals surface area contributed by atoms with Crippen LogP contribution in [-0.4, -0.2) is 91.1 Å². The van der Waals surface area contributed by atoms with Gasteiger partial charge in [0.2, 0.25) is 5.91 Å². The summed E-state index contributed by atoms with van der Waals surface area (Å²) in [5, 5.41) is 22.8. The number of amides is 1. The molecule has 3 heterocycles. The first-order valence-electron chi connectivity index (χ1n) is 12.7. The van der Waals surface area contributed by atoms with E-state index in [0.717, 1.165) is 12.1 Å². The smallest absolute Gasteiger partial charge is 0.378 e. The van der Waals surface area contributed by atoms with E-state index in [1.54, 1.807) is 0 Å². The number of benzene rings is 1. The molecule has 15 heteroatoms. The molecule has 4 atom stereocenters. The SMILES string of the molecule is C[C@@H](NC(=O)[C@H]1COCCN1C(O)[C@H]1CCCN(S(=O)(=O)N2CC(C#N)C2)C1)c1ccc(C(F)(F)F)cc1F. The zero-order chi connectivity index (χ0) is 28.5. The number of hydrogen-bond acceptors (Lipinski definition) is 7. The number of halogens is 4. The first-order valence-corrected chi connectivity index (χ1v) is 14.1. The van der Waals surface area contributed by atoms with Crippen molar-refractivity contribution in [1.82, 2.24) is 18.8 Å². The van der Waals surface area contributed by atoms with Gasteiger partial charge in [-0.3, -0.25) is 9.69 Å². The first-order chi connectivity index (χ1) is 18.3. The zero-order valence-electron chi connectivity index (χ0n) is 21.3. The Morgan fingerprint density at radius 2 is 1.95 bits per heavy atom. The number of alkyl halides is 3.